The fourth-order valence-corrected chi connectivity index (χ4v) is 2.99. The molecule has 0 spiro atoms. The molecule has 0 aliphatic carbocycles. The zero-order chi connectivity index (χ0) is 12.1. The van der Waals surface area contributed by atoms with Crippen LogP contribution in [0.4, 0.5) is 0 Å². The molecule has 2 unspecified atom stereocenters. The fraction of sp³-hybridized carbons (Fsp3) is 0.727. The molecule has 2 atom stereocenters. The molecule has 1 aromatic rings. The van der Waals surface area contributed by atoms with Crippen LogP contribution in [0.2, 0.25) is 0 Å². The summed E-state index contributed by atoms with van der Waals surface area (Å²) in [5.41, 5.74) is 3.99. The Hall–Kier alpha value is -0.560. The average Bonchev–Trinajstić information content (AvgIpc) is 2.81. The van der Waals surface area contributed by atoms with Crippen molar-refractivity contribution in [2.75, 3.05) is 18.1 Å². The molecule has 0 aromatic carbocycles. The SMILES string of the molecule is CCCn1nccc1C(NN)C1CSCCO1. The van der Waals surface area contributed by atoms with E-state index in [9.17, 15) is 0 Å². The summed E-state index contributed by atoms with van der Waals surface area (Å²) in [6, 6.07) is 2.04. The highest BCUT2D eigenvalue weighted by molar-refractivity contribution is 7.99. The van der Waals surface area contributed by atoms with Crippen molar-refractivity contribution in [1.82, 2.24) is 15.2 Å². The van der Waals surface area contributed by atoms with Gasteiger partial charge in [-0.3, -0.25) is 10.5 Å². The van der Waals surface area contributed by atoms with Crippen LogP contribution in [-0.2, 0) is 11.3 Å². The Labute approximate surface area is 106 Å². The monoisotopic (exact) mass is 256 g/mol. The Morgan fingerprint density at radius 2 is 2.65 bits per heavy atom. The van der Waals surface area contributed by atoms with Gasteiger partial charge in [-0.05, 0) is 12.5 Å². The summed E-state index contributed by atoms with van der Waals surface area (Å²) in [4.78, 5) is 0. The molecule has 0 amide bonds. The molecule has 0 bridgehead atoms. The maximum atomic E-state index is 5.78. The number of rotatable bonds is 5. The van der Waals surface area contributed by atoms with E-state index in [1.165, 1.54) is 0 Å². The first-order valence-corrected chi connectivity index (χ1v) is 7.19. The van der Waals surface area contributed by atoms with Gasteiger partial charge in [0.25, 0.3) is 0 Å². The second kappa shape index (κ2) is 6.39. The molecular weight excluding hydrogens is 236 g/mol. The van der Waals surface area contributed by atoms with Gasteiger partial charge in [-0.2, -0.15) is 16.9 Å². The number of aryl methyl sites for hydroxylation is 1. The van der Waals surface area contributed by atoms with Crippen molar-refractivity contribution in [3.63, 3.8) is 0 Å². The lowest BCUT2D eigenvalue weighted by Crippen LogP contribution is -2.42. The maximum Gasteiger partial charge on any atom is 0.0898 e. The van der Waals surface area contributed by atoms with Gasteiger partial charge in [-0.15, -0.1) is 0 Å². The first-order valence-electron chi connectivity index (χ1n) is 6.04. The molecule has 3 N–H and O–H groups in total. The van der Waals surface area contributed by atoms with Crippen molar-refractivity contribution in [2.24, 2.45) is 5.84 Å². The quantitative estimate of drug-likeness (QED) is 0.606. The molecule has 0 radical (unpaired) electrons. The lowest BCUT2D eigenvalue weighted by Gasteiger charge is -2.30. The van der Waals surface area contributed by atoms with E-state index in [-0.39, 0.29) is 12.1 Å². The van der Waals surface area contributed by atoms with Gasteiger partial charge in [0, 0.05) is 24.2 Å². The summed E-state index contributed by atoms with van der Waals surface area (Å²) in [5, 5.41) is 4.33. The second-order valence-corrected chi connectivity index (χ2v) is 5.26. The van der Waals surface area contributed by atoms with Crippen LogP contribution in [0.25, 0.3) is 0 Å². The van der Waals surface area contributed by atoms with Crippen molar-refractivity contribution in [3.05, 3.63) is 18.0 Å². The highest BCUT2D eigenvalue weighted by Gasteiger charge is 2.27. The summed E-state index contributed by atoms with van der Waals surface area (Å²) in [7, 11) is 0. The Morgan fingerprint density at radius 1 is 1.76 bits per heavy atom. The van der Waals surface area contributed by atoms with Crippen LogP contribution < -0.4 is 11.3 Å². The molecule has 1 aliphatic heterocycles. The highest BCUT2D eigenvalue weighted by Crippen LogP contribution is 2.24. The largest absolute Gasteiger partial charge is 0.374 e. The third kappa shape index (κ3) is 3.01. The predicted molar refractivity (Wildman–Crippen MR) is 69.6 cm³/mol. The van der Waals surface area contributed by atoms with E-state index < -0.39 is 0 Å². The molecule has 5 nitrogen and oxygen atoms in total. The molecule has 2 rings (SSSR count). The van der Waals surface area contributed by atoms with E-state index in [2.05, 4.69) is 17.4 Å². The molecule has 2 heterocycles. The topological polar surface area (TPSA) is 65.1 Å². The van der Waals surface area contributed by atoms with Gasteiger partial charge >= 0.3 is 0 Å². The molecule has 1 aliphatic rings. The van der Waals surface area contributed by atoms with Crippen molar-refractivity contribution >= 4 is 11.8 Å². The first-order chi connectivity index (χ1) is 8.36. The summed E-state index contributed by atoms with van der Waals surface area (Å²) < 4.78 is 7.79. The molecule has 17 heavy (non-hydrogen) atoms. The van der Waals surface area contributed by atoms with Crippen molar-refractivity contribution < 1.29 is 4.74 Å². The van der Waals surface area contributed by atoms with Gasteiger partial charge < -0.3 is 4.74 Å². The van der Waals surface area contributed by atoms with E-state index >= 15 is 0 Å². The van der Waals surface area contributed by atoms with Crippen LogP contribution in [0.3, 0.4) is 0 Å². The van der Waals surface area contributed by atoms with E-state index in [4.69, 9.17) is 10.6 Å². The summed E-state index contributed by atoms with van der Waals surface area (Å²) in [5.74, 6) is 7.73. The van der Waals surface area contributed by atoms with Crippen molar-refractivity contribution in [1.29, 1.82) is 0 Å². The van der Waals surface area contributed by atoms with E-state index in [1.807, 2.05) is 28.7 Å². The first kappa shape index (κ1) is 12.9. The molecule has 1 fully saturated rings. The zero-order valence-electron chi connectivity index (χ0n) is 10.1. The molecule has 1 saturated heterocycles. The van der Waals surface area contributed by atoms with Crippen LogP contribution in [-0.4, -0.2) is 34.0 Å². The molecule has 6 heteroatoms. The minimum atomic E-state index is 0.0249. The smallest absolute Gasteiger partial charge is 0.0898 e. The van der Waals surface area contributed by atoms with Gasteiger partial charge in [-0.1, -0.05) is 6.92 Å². The number of hydrogen-bond donors (Lipinski definition) is 2. The van der Waals surface area contributed by atoms with Gasteiger partial charge in [0.05, 0.1) is 24.4 Å². The zero-order valence-corrected chi connectivity index (χ0v) is 10.9. The number of hydrazine groups is 1. The Bertz CT molecular complexity index is 338. The van der Waals surface area contributed by atoms with Crippen LogP contribution in [0, 0.1) is 0 Å². The highest BCUT2D eigenvalue weighted by atomic mass is 32.2. The summed E-state index contributed by atoms with van der Waals surface area (Å²) in [6.07, 6.45) is 3.02. The van der Waals surface area contributed by atoms with E-state index in [0.29, 0.717) is 0 Å². The van der Waals surface area contributed by atoms with Crippen LogP contribution in [0.1, 0.15) is 25.1 Å². The predicted octanol–water partition coefficient (Wildman–Crippen LogP) is 0.929. The van der Waals surface area contributed by atoms with Gasteiger partial charge in [0.1, 0.15) is 0 Å². The van der Waals surface area contributed by atoms with Gasteiger partial charge in [-0.25, -0.2) is 5.43 Å². The van der Waals surface area contributed by atoms with E-state index in [1.54, 1.807) is 0 Å². The van der Waals surface area contributed by atoms with Crippen LogP contribution in [0.15, 0.2) is 12.3 Å². The van der Waals surface area contributed by atoms with Crippen molar-refractivity contribution in [2.45, 2.75) is 32.0 Å². The fourth-order valence-electron chi connectivity index (χ4n) is 2.09. The number of nitrogens with two attached hydrogens (primary N) is 1. The lowest BCUT2D eigenvalue weighted by molar-refractivity contribution is 0.0444. The minimum absolute atomic E-state index is 0.0249. The Kier molecular flexibility index (Phi) is 4.85. The molecular formula is C11H20N4OS. The summed E-state index contributed by atoms with van der Waals surface area (Å²) >= 11 is 1.91. The number of thioether (sulfide) groups is 1. The van der Waals surface area contributed by atoms with Crippen LogP contribution >= 0.6 is 11.8 Å². The number of nitrogens with zero attached hydrogens (tertiary/aromatic N) is 2. The Morgan fingerprint density at radius 3 is 3.29 bits per heavy atom. The lowest BCUT2D eigenvalue weighted by atomic mass is 10.1. The minimum Gasteiger partial charge on any atom is -0.374 e. The van der Waals surface area contributed by atoms with Crippen molar-refractivity contribution in [3.8, 4) is 0 Å². The number of aromatic nitrogens is 2. The molecule has 1 aromatic heterocycles. The second-order valence-electron chi connectivity index (χ2n) is 4.11. The van der Waals surface area contributed by atoms with Gasteiger partial charge in [0.2, 0.25) is 0 Å². The number of nitrogens with one attached hydrogen (secondary N) is 1. The summed E-state index contributed by atoms with van der Waals surface area (Å²) in [6.45, 7) is 3.86. The normalized spacial score (nSPS) is 22.6. The third-order valence-electron chi connectivity index (χ3n) is 2.90. The number of hydrogen-bond acceptors (Lipinski definition) is 5. The van der Waals surface area contributed by atoms with Gasteiger partial charge in [0.15, 0.2) is 0 Å². The molecule has 96 valence electrons. The maximum absolute atomic E-state index is 5.78. The Balaban J connectivity index is 2.12. The standard InChI is InChI=1S/C11H20N4OS/c1-2-5-15-9(3-4-13-15)11(14-12)10-8-17-7-6-16-10/h3-4,10-11,14H,2,5-8,12H2,1H3. The van der Waals surface area contributed by atoms with Crippen LogP contribution in [0.5, 0.6) is 0 Å². The van der Waals surface area contributed by atoms with E-state index in [0.717, 1.165) is 36.8 Å². The average molecular weight is 256 g/mol. The number of ether oxygens (including phenoxy) is 1. The third-order valence-corrected chi connectivity index (χ3v) is 3.92. The molecule has 0 saturated carbocycles.